The molecule has 1 aliphatic heterocycles. The summed E-state index contributed by atoms with van der Waals surface area (Å²) in [6, 6.07) is 0. The van der Waals surface area contributed by atoms with Crippen molar-refractivity contribution in [3.8, 4) is 0 Å². The van der Waals surface area contributed by atoms with Gasteiger partial charge in [0.05, 0.1) is 12.2 Å². The van der Waals surface area contributed by atoms with Gasteiger partial charge < -0.3 is 4.74 Å². The van der Waals surface area contributed by atoms with Crippen LogP contribution in [0.3, 0.4) is 0 Å². The molecular weight excluding hydrogens is 220 g/mol. The maximum absolute atomic E-state index is 6.21. The summed E-state index contributed by atoms with van der Waals surface area (Å²) < 4.78 is 11.6. The molecule has 108 valence electrons. The van der Waals surface area contributed by atoms with Crippen LogP contribution in [0.1, 0.15) is 86.8 Å². The average molecular weight is 255 g/mol. The van der Waals surface area contributed by atoms with Crippen LogP contribution in [-0.2, 0) is 4.74 Å². The molecule has 1 saturated heterocycles. The second-order valence-electron chi connectivity index (χ2n) is 4.96. The second-order valence-corrected chi connectivity index (χ2v) is 4.96. The van der Waals surface area contributed by atoms with Gasteiger partial charge in [0.15, 0.2) is 0 Å². The van der Waals surface area contributed by atoms with Crippen LogP contribution in [0, 0.1) is 0 Å². The predicted octanol–water partition coefficient (Wildman–Crippen LogP) is 5.89. The molecule has 2 aliphatic carbocycles. The van der Waals surface area contributed by atoms with Crippen molar-refractivity contribution in [2.45, 2.75) is 97.7 Å². The molecule has 0 aromatic heterocycles. The van der Waals surface area contributed by atoms with Gasteiger partial charge in [-0.05, 0) is 38.5 Å². The summed E-state index contributed by atoms with van der Waals surface area (Å²) >= 11 is 0. The third-order valence-corrected chi connectivity index (χ3v) is 3.57. The van der Waals surface area contributed by atoms with Crippen molar-refractivity contribution in [1.82, 2.24) is 0 Å². The zero-order valence-electron chi connectivity index (χ0n) is 12.5. The predicted molar refractivity (Wildman–Crippen MR) is 82.1 cm³/mol. The van der Waals surface area contributed by atoms with Crippen molar-refractivity contribution in [2.75, 3.05) is 0 Å². The van der Waals surface area contributed by atoms with Crippen LogP contribution in [0.5, 0.6) is 0 Å². The van der Waals surface area contributed by atoms with Crippen molar-refractivity contribution in [3.63, 3.8) is 0 Å². The van der Waals surface area contributed by atoms with E-state index in [0.717, 1.165) is 0 Å². The summed E-state index contributed by atoms with van der Waals surface area (Å²) in [7, 11) is 0. The number of hydrogen-bond donors (Lipinski definition) is 0. The zero-order chi connectivity index (χ0) is 13.1. The Hall–Kier alpha value is -0.300. The van der Waals surface area contributed by atoms with Crippen molar-refractivity contribution in [3.05, 3.63) is 12.2 Å². The maximum atomic E-state index is 6.21. The standard InChI is InChI=1S/C7H12O.C7H12.C2H6.CH4/c1-2-4-6-7(8-6)5-3-1;1-2-4-6-7-5-3-1;1-2;/h6-7H,1-5H2;1-2H,3-7H2;1-2H3;1H4/i;;1D;. The van der Waals surface area contributed by atoms with Gasteiger partial charge in [0.25, 0.3) is 0 Å². The van der Waals surface area contributed by atoms with E-state index >= 15 is 0 Å². The number of allylic oxidation sites excluding steroid dienone is 2. The minimum atomic E-state index is 0. The molecule has 0 aromatic rings. The Kier molecular flexibility index (Phi) is 10.3. The SMILES string of the molecule is C.C1=CCCCCC1.C1CCC2OC2CC1.[2H]CC. The van der Waals surface area contributed by atoms with E-state index < -0.39 is 0 Å². The zero-order valence-corrected chi connectivity index (χ0v) is 11.5. The van der Waals surface area contributed by atoms with Crippen molar-refractivity contribution >= 4 is 0 Å². The Morgan fingerprint density at radius 2 is 1.33 bits per heavy atom. The van der Waals surface area contributed by atoms with E-state index in [1.54, 1.807) is 6.92 Å². The van der Waals surface area contributed by atoms with Crippen LogP contribution in [0.4, 0.5) is 0 Å². The summed E-state index contributed by atoms with van der Waals surface area (Å²) in [4.78, 5) is 0. The number of hydrogen-bond acceptors (Lipinski definition) is 1. The van der Waals surface area contributed by atoms with E-state index in [2.05, 4.69) is 12.2 Å². The van der Waals surface area contributed by atoms with Gasteiger partial charge in [-0.25, -0.2) is 0 Å². The lowest BCUT2D eigenvalue weighted by Gasteiger charge is -1.90. The Bertz CT molecular complexity index is 197. The van der Waals surface area contributed by atoms with Crippen molar-refractivity contribution < 1.29 is 6.11 Å². The first-order valence-electron chi connectivity index (χ1n) is 8.19. The first kappa shape index (κ1) is 15.8. The van der Waals surface area contributed by atoms with Crippen molar-refractivity contribution in [1.29, 1.82) is 0 Å². The van der Waals surface area contributed by atoms with E-state index in [1.165, 1.54) is 64.2 Å². The molecular formula is C17H34O. The average Bonchev–Trinajstić information content (AvgIpc) is 3.15. The summed E-state index contributed by atoms with van der Waals surface area (Å²) in [5.41, 5.74) is 0. The molecule has 0 aromatic carbocycles. The van der Waals surface area contributed by atoms with E-state index in [-0.39, 0.29) is 7.43 Å². The number of fused-ring (bicyclic) bond motifs is 1. The Balaban J connectivity index is 0.000000275. The first-order valence-corrected chi connectivity index (χ1v) is 7.48. The third-order valence-electron chi connectivity index (χ3n) is 3.57. The van der Waals surface area contributed by atoms with Crippen LogP contribution in [0.2, 0.25) is 0 Å². The molecule has 2 fully saturated rings. The van der Waals surface area contributed by atoms with Gasteiger partial charge in [0.2, 0.25) is 0 Å². The van der Waals surface area contributed by atoms with Gasteiger partial charge in [-0.1, -0.05) is 59.1 Å². The van der Waals surface area contributed by atoms with Gasteiger partial charge in [-0.2, -0.15) is 0 Å². The number of epoxide rings is 1. The molecule has 0 bridgehead atoms. The van der Waals surface area contributed by atoms with Crippen LogP contribution in [0.15, 0.2) is 12.2 Å². The minimum absolute atomic E-state index is 0. The monoisotopic (exact) mass is 255 g/mol. The largest absolute Gasteiger partial charge is 0.370 e. The summed E-state index contributed by atoms with van der Waals surface area (Å²) in [5.74, 6) is 0. The van der Waals surface area contributed by atoms with Crippen LogP contribution in [-0.4, -0.2) is 12.2 Å². The minimum Gasteiger partial charge on any atom is -0.370 e. The quantitative estimate of drug-likeness (QED) is 0.388. The molecule has 1 heterocycles. The van der Waals surface area contributed by atoms with Gasteiger partial charge in [-0.15, -0.1) is 0 Å². The van der Waals surface area contributed by atoms with Gasteiger partial charge >= 0.3 is 0 Å². The van der Waals surface area contributed by atoms with E-state index in [4.69, 9.17) is 6.11 Å². The fourth-order valence-corrected chi connectivity index (χ4v) is 2.49. The summed E-state index contributed by atoms with van der Waals surface area (Å²) in [6.07, 6.45) is 19.8. The van der Waals surface area contributed by atoms with Crippen LogP contribution in [0.25, 0.3) is 0 Å². The molecule has 0 spiro atoms. The summed E-state index contributed by atoms with van der Waals surface area (Å²) in [5, 5.41) is 0. The molecule has 2 atom stereocenters. The molecule has 0 amide bonds. The lowest BCUT2D eigenvalue weighted by Crippen LogP contribution is -1.87. The van der Waals surface area contributed by atoms with E-state index in [1.807, 2.05) is 0 Å². The lowest BCUT2D eigenvalue weighted by atomic mass is 10.2. The number of rotatable bonds is 0. The van der Waals surface area contributed by atoms with Crippen LogP contribution < -0.4 is 0 Å². The summed E-state index contributed by atoms with van der Waals surface area (Å²) in [6.45, 7) is 2.29. The molecule has 1 saturated carbocycles. The highest BCUT2D eigenvalue weighted by Gasteiger charge is 2.38. The highest BCUT2D eigenvalue weighted by Crippen LogP contribution is 2.34. The molecule has 0 radical (unpaired) electrons. The lowest BCUT2D eigenvalue weighted by molar-refractivity contribution is 0.335. The van der Waals surface area contributed by atoms with Crippen molar-refractivity contribution in [2.24, 2.45) is 0 Å². The molecule has 2 unspecified atom stereocenters. The molecule has 1 nitrogen and oxygen atoms in total. The maximum Gasteiger partial charge on any atom is 0.0841 e. The van der Waals surface area contributed by atoms with E-state index in [0.29, 0.717) is 19.1 Å². The first-order chi connectivity index (χ1) is 8.88. The molecule has 1 heteroatoms. The molecule has 18 heavy (non-hydrogen) atoms. The molecule has 3 aliphatic rings. The topological polar surface area (TPSA) is 12.5 Å². The fourth-order valence-electron chi connectivity index (χ4n) is 2.49. The smallest absolute Gasteiger partial charge is 0.0841 e. The van der Waals surface area contributed by atoms with Gasteiger partial charge in [-0.3, -0.25) is 0 Å². The Morgan fingerprint density at radius 1 is 0.889 bits per heavy atom. The third kappa shape index (κ3) is 7.92. The van der Waals surface area contributed by atoms with E-state index in [9.17, 15) is 0 Å². The molecule has 3 rings (SSSR count). The highest BCUT2D eigenvalue weighted by atomic mass is 16.6. The van der Waals surface area contributed by atoms with Gasteiger partial charge in [0.1, 0.15) is 0 Å². The normalized spacial score (nSPS) is 29.5. The Labute approximate surface area is 116 Å². The Morgan fingerprint density at radius 3 is 1.83 bits per heavy atom. The second kappa shape index (κ2) is 11.8. The van der Waals surface area contributed by atoms with Gasteiger partial charge in [0, 0.05) is 1.37 Å². The highest BCUT2D eigenvalue weighted by molar-refractivity contribution is 4.86. The molecule has 0 N–H and O–H groups in total. The number of ether oxygens (including phenoxy) is 1. The fraction of sp³-hybridized carbons (Fsp3) is 0.882. The van der Waals surface area contributed by atoms with Crippen LogP contribution >= 0.6 is 0 Å².